The summed E-state index contributed by atoms with van der Waals surface area (Å²) in [5.74, 6) is -0.323. The zero-order valence-electron chi connectivity index (χ0n) is 7.16. The van der Waals surface area contributed by atoms with Crippen molar-refractivity contribution in [3.63, 3.8) is 0 Å². The summed E-state index contributed by atoms with van der Waals surface area (Å²) in [5.41, 5.74) is 1.06. The van der Waals surface area contributed by atoms with E-state index in [1.165, 1.54) is 12.1 Å². The Morgan fingerprint density at radius 2 is 2.29 bits per heavy atom. The van der Waals surface area contributed by atoms with Gasteiger partial charge >= 0.3 is 0 Å². The molecule has 0 amide bonds. The van der Waals surface area contributed by atoms with Crippen molar-refractivity contribution in [1.29, 1.82) is 0 Å². The SMILES string of the molecule is O=C1Sc2ccc(F)cc2CC1=CO. The van der Waals surface area contributed by atoms with Crippen molar-refractivity contribution in [1.82, 2.24) is 0 Å². The quantitative estimate of drug-likeness (QED) is 0.528. The summed E-state index contributed by atoms with van der Waals surface area (Å²) in [6, 6.07) is 4.30. The molecular weight excluding hydrogens is 203 g/mol. The largest absolute Gasteiger partial charge is 0.515 e. The molecule has 0 unspecified atom stereocenters. The molecule has 0 aliphatic carbocycles. The number of fused-ring (bicyclic) bond motifs is 1. The summed E-state index contributed by atoms with van der Waals surface area (Å²) in [6.07, 6.45) is 1.10. The summed E-state index contributed by atoms with van der Waals surface area (Å²) in [7, 11) is 0. The Hall–Kier alpha value is -1.29. The van der Waals surface area contributed by atoms with Crippen LogP contribution in [-0.4, -0.2) is 10.2 Å². The number of thioether (sulfide) groups is 1. The monoisotopic (exact) mass is 210 g/mol. The van der Waals surface area contributed by atoms with E-state index in [-0.39, 0.29) is 10.9 Å². The van der Waals surface area contributed by atoms with Gasteiger partial charge in [-0.3, -0.25) is 4.79 Å². The summed E-state index contributed by atoms with van der Waals surface area (Å²) in [5, 5.41) is 8.59. The number of aliphatic hydroxyl groups excluding tert-OH is 1. The Kier molecular flexibility index (Phi) is 2.29. The van der Waals surface area contributed by atoms with Crippen LogP contribution in [0.3, 0.4) is 0 Å². The van der Waals surface area contributed by atoms with Crippen LogP contribution in [0.2, 0.25) is 0 Å². The molecule has 1 aromatic carbocycles. The highest BCUT2D eigenvalue weighted by molar-refractivity contribution is 8.14. The zero-order chi connectivity index (χ0) is 10.1. The van der Waals surface area contributed by atoms with Crippen molar-refractivity contribution < 1.29 is 14.3 Å². The van der Waals surface area contributed by atoms with Gasteiger partial charge in [0.1, 0.15) is 5.82 Å². The summed E-state index contributed by atoms with van der Waals surface area (Å²) in [6.45, 7) is 0. The predicted octanol–water partition coefficient (Wildman–Crippen LogP) is 2.44. The Labute approximate surface area is 84.4 Å². The van der Waals surface area contributed by atoms with Crippen molar-refractivity contribution in [3.05, 3.63) is 41.4 Å². The lowest BCUT2D eigenvalue weighted by molar-refractivity contribution is -0.108. The molecule has 0 radical (unpaired) electrons. The van der Waals surface area contributed by atoms with Crippen molar-refractivity contribution in [2.45, 2.75) is 11.3 Å². The fraction of sp³-hybridized carbons (Fsp3) is 0.100. The molecule has 0 saturated heterocycles. The molecule has 14 heavy (non-hydrogen) atoms. The average Bonchev–Trinajstić information content (AvgIpc) is 2.17. The lowest BCUT2D eigenvalue weighted by Gasteiger charge is -2.15. The number of hydrogen-bond acceptors (Lipinski definition) is 3. The van der Waals surface area contributed by atoms with Gasteiger partial charge < -0.3 is 5.11 Å². The number of aliphatic hydroxyl groups is 1. The molecule has 72 valence electrons. The highest BCUT2D eigenvalue weighted by atomic mass is 32.2. The van der Waals surface area contributed by atoms with Crippen molar-refractivity contribution in [2.24, 2.45) is 0 Å². The van der Waals surface area contributed by atoms with Crippen LogP contribution >= 0.6 is 11.8 Å². The van der Waals surface area contributed by atoms with E-state index >= 15 is 0 Å². The molecule has 1 N–H and O–H groups in total. The van der Waals surface area contributed by atoms with Crippen molar-refractivity contribution in [3.8, 4) is 0 Å². The van der Waals surface area contributed by atoms with Gasteiger partial charge in [-0.05, 0) is 35.5 Å². The highest BCUT2D eigenvalue weighted by Gasteiger charge is 2.21. The number of halogens is 1. The van der Waals surface area contributed by atoms with Crippen molar-refractivity contribution >= 4 is 16.9 Å². The first-order valence-electron chi connectivity index (χ1n) is 4.04. The molecule has 4 heteroatoms. The molecule has 0 aromatic heterocycles. The maximum Gasteiger partial charge on any atom is 0.223 e. The molecule has 2 rings (SSSR count). The molecule has 1 aliphatic heterocycles. The van der Waals surface area contributed by atoms with E-state index in [1.54, 1.807) is 6.07 Å². The van der Waals surface area contributed by atoms with Crippen molar-refractivity contribution in [2.75, 3.05) is 0 Å². The molecule has 0 bridgehead atoms. The van der Waals surface area contributed by atoms with E-state index in [9.17, 15) is 9.18 Å². The van der Waals surface area contributed by atoms with Crippen LogP contribution in [0.5, 0.6) is 0 Å². The lowest BCUT2D eigenvalue weighted by Crippen LogP contribution is -2.08. The molecule has 1 aromatic rings. The number of carbonyl (C=O) groups is 1. The van der Waals surface area contributed by atoms with E-state index in [0.29, 0.717) is 12.0 Å². The normalized spacial score (nSPS) is 18.4. The molecule has 2 nitrogen and oxygen atoms in total. The van der Waals surface area contributed by atoms with Gasteiger partial charge in [0, 0.05) is 16.9 Å². The number of rotatable bonds is 0. The molecule has 1 aliphatic rings. The zero-order valence-corrected chi connectivity index (χ0v) is 7.97. The maximum absolute atomic E-state index is 12.8. The summed E-state index contributed by atoms with van der Waals surface area (Å²) in [4.78, 5) is 12.1. The highest BCUT2D eigenvalue weighted by Crippen LogP contribution is 2.33. The van der Waals surface area contributed by atoms with Crippen LogP contribution in [0.1, 0.15) is 5.56 Å². The van der Waals surface area contributed by atoms with Crippen LogP contribution in [0.15, 0.2) is 34.9 Å². The smallest absolute Gasteiger partial charge is 0.223 e. The van der Waals surface area contributed by atoms with Gasteiger partial charge in [0.2, 0.25) is 5.12 Å². The second-order valence-electron chi connectivity index (χ2n) is 2.97. The molecule has 0 atom stereocenters. The van der Waals surface area contributed by atoms with Crippen LogP contribution in [0.25, 0.3) is 0 Å². The first kappa shape index (κ1) is 9.27. The fourth-order valence-corrected chi connectivity index (χ4v) is 2.18. The molecular formula is C10H7FO2S. The second-order valence-corrected chi connectivity index (χ2v) is 3.99. The molecule has 0 fully saturated rings. The van der Waals surface area contributed by atoms with Gasteiger partial charge in [0.15, 0.2) is 0 Å². The first-order chi connectivity index (χ1) is 6.70. The fourth-order valence-electron chi connectivity index (χ4n) is 1.33. The van der Waals surface area contributed by atoms with Gasteiger partial charge in [-0.25, -0.2) is 4.39 Å². The number of carbonyl (C=O) groups excluding carboxylic acids is 1. The third-order valence-electron chi connectivity index (χ3n) is 2.02. The minimum absolute atomic E-state index is 0.174. The lowest BCUT2D eigenvalue weighted by atomic mass is 10.1. The summed E-state index contributed by atoms with van der Waals surface area (Å²) >= 11 is 1.02. The third-order valence-corrected chi connectivity index (χ3v) is 3.09. The van der Waals surface area contributed by atoms with Crippen LogP contribution in [0.4, 0.5) is 4.39 Å². The Bertz CT molecular complexity index is 426. The Morgan fingerprint density at radius 1 is 1.50 bits per heavy atom. The maximum atomic E-state index is 12.8. The minimum atomic E-state index is -0.323. The molecule has 0 spiro atoms. The van der Waals surface area contributed by atoms with E-state index in [4.69, 9.17) is 5.11 Å². The second kappa shape index (κ2) is 3.46. The van der Waals surface area contributed by atoms with E-state index in [2.05, 4.69) is 0 Å². The third kappa shape index (κ3) is 1.53. The Morgan fingerprint density at radius 3 is 3.00 bits per heavy atom. The number of benzene rings is 1. The number of hydrogen-bond donors (Lipinski definition) is 1. The van der Waals surface area contributed by atoms with Crippen LogP contribution in [0, 0.1) is 5.82 Å². The van der Waals surface area contributed by atoms with Gasteiger partial charge in [-0.2, -0.15) is 0 Å². The van der Waals surface area contributed by atoms with E-state index in [1.807, 2.05) is 0 Å². The first-order valence-corrected chi connectivity index (χ1v) is 4.86. The van der Waals surface area contributed by atoms with Gasteiger partial charge in [-0.1, -0.05) is 0 Å². The van der Waals surface area contributed by atoms with Gasteiger partial charge in [-0.15, -0.1) is 0 Å². The van der Waals surface area contributed by atoms with Gasteiger partial charge in [0.25, 0.3) is 0 Å². The van der Waals surface area contributed by atoms with E-state index in [0.717, 1.165) is 28.5 Å². The van der Waals surface area contributed by atoms with E-state index < -0.39 is 0 Å². The topological polar surface area (TPSA) is 37.3 Å². The van der Waals surface area contributed by atoms with Crippen LogP contribution < -0.4 is 0 Å². The Balaban J connectivity index is 2.46. The standard InChI is InChI=1S/C10H7FO2S/c11-8-1-2-9-6(4-8)3-7(5-12)10(13)14-9/h1-2,4-5,12H,3H2. The van der Waals surface area contributed by atoms with Gasteiger partial charge in [0.05, 0.1) is 6.26 Å². The predicted molar refractivity (Wildman–Crippen MR) is 51.7 cm³/mol. The molecule has 1 heterocycles. The molecule has 0 saturated carbocycles. The average molecular weight is 210 g/mol. The summed E-state index contributed by atoms with van der Waals surface area (Å²) < 4.78 is 12.8. The van der Waals surface area contributed by atoms with Crippen LogP contribution in [-0.2, 0) is 11.2 Å². The minimum Gasteiger partial charge on any atom is -0.515 e.